The number of hydrogen-bond donors (Lipinski definition) is 2. The molecule has 3 N–H and O–H groups in total. The van der Waals surface area contributed by atoms with E-state index < -0.39 is 23.3 Å². The number of benzene rings is 1. The van der Waals surface area contributed by atoms with Gasteiger partial charge in [0.05, 0.1) is 5.69 Å². The molecule has 37 heavy (non-hydrogen) atoms. The van der Waals surface area contributed by atoms with Gasteiger partial charge in [0.2, 0.25) is 0 Å². The number of primary amides is 1. The molecule has 1 unspecified atom stereocenters. The molecule has 1 aliphatic carbocycles. The summed E-state index contributed by atoms with van der Waals surface area (Å²) in [6.45, 7) is 4.54. The molecule has 1 fully saturated rings. The van der Waals surface area contributed by atoms with Crippen molar-refractivity contribution in [3.8, 4) is 0 Å². The van der Waals surface area contributed by atoms with Crippen molar-refractivity contribution in [2.45, 2.75) is 82.2 Å². The number of ether oxygens (including phenoxy) is 1. The molecular weight excluding hydrogens is 489 g/mol. The number of nitrogens with two attached hydrogens (primary N) is 1. The fraction of sp³-hybridized carbons (Fsp3) is 0.538. The summed E-state index contributed by atoms with van der Waals surface area (Å²) in [5, 5.41) is 18.1. The van der Waals surface area contributed by atoms with Crippen LogP contribution in [0.2, 0.25) is 0 Å². The highest BCUT2D eigenvalue weighted by Gasteiger charge is 2.51. The Bertz CT molecular complexity index is 1080. The van der Waals surface area contributed by atoms with E-state index >= 15 is 0 Å². The van der Waals surface area contributed by atoms with Gasteiger partial charge in [0, 0.05) is 29.3 Å². The van der Waals surface area contributed by atoms with Crippen molar-refractivity contribution < 1.29 is 32.6 Å². The molecule has 3 rings (SSSR count). The molecule has 1 heterocycles. The normalized spacial score (nSPS) is 17.8. The minimum atomic E-state index is -4.85. The van der Waals surface area contributed by atoms with Gasteiger partial charge in [-0.15, -0.1) is 0 Å². The average molecular weight is 523 g/mol. The zero-order valence-electron chi connectivity index (χ0n) is 21.2. The summed E-state index contributed by atoms with van der Waals surface area (Å²) >= 11 is 0. The molecule has 1 aliphatic rings. The van der Waals surface area contributed by atoms with Crippen LogP contribution in [-0.4, -0.2) is 57.1 Å². The fourth-order valence-electron chi connectivity index (χ4n) is 4.39. The van der Waals surface area contributed by atoms with Gasteiger partial charge in [-0.05, 0) is 68.9 Å². The maximum Gasteiger partial charge on any atom is 0.421 e. The van der Waals surface area contributed by atoms with Crippen molar-refractivity contribution in [1.29, 1.82) is 0 Å². The van der Waals surface area contributed by atoms with E-state index in [1.165, 1.54) is 12.1 Å². The number of halogens is 3. The lowest BCUT2D eigenvalue weighted by molar-refractivity contribution is -0.258. The Balaban J connectivity index is 1.80. The summed E-state index contributed by atoms with van der Waals surface area (Å²) in [5.41, 5.74) is 2.02. The second-order valence-corrected chi connectivity index (χ2v) is 9.97. The third-order valence-corrected chi connectivity index (χ3v) is 7.04. The lowest BCUT2D eigenvalue weighted by Gasteiger charge is -2.35. The molecule has 1 aromatic heterocycles. The predicted molar refractivity (Wildman–Crippen MR) is 129 cm³/mol. The van der Waals surface area contributed by atoms with Crippen molar-refractivity contribution in [3.63, 3.8) is 0 Å². The standard InChI is InChI=1S/C26H33F3N4O4/c1-4-19(13-14-24(2,16-37-23(30)35)21-6-5-15-31-32-21)33(20-11-12-20)22(34)17-7-9-18(10-8-17)25(3,36)26(27,28)29/h5-10,15,19-20,36H,4,11-14,16H2,1-3H3,(H2,30,35)/t19?,24-,25+/m1/s1. The maximum absolute atomic E-state index is 13.5. The number of aromatic nitrogens is 2. The lowest BCUT2D eigenvalue weighted by atomic mass is 9.81. The number of amides is 2. The number of hydrogen-bond acceptors (Lipinski definition) is 6. The highest BCUT2D eigenvalue weighted by Crippen LogP contribution is 2.39. The maximum atomic E-state index is 13.5. The molecule has 0 spiro atoms. The van der Waals surface area contributed by atoms with Crippen LogP contribution in [0.5, 0.6) is 0 Å². The second kappa shape index (κ2) is 11.0. The van der Waals surface area contributed by atoms with Gasteiger partial charge in [0.25, 0.3) is 5.91 Å². The second-order valence-electron chi connectivity index (χ2n) is 9.97. The predicted octanol–water partition coefficient (Wildman–Crippen LogP) is 4.46. The Morgan fingerprint density at radius 3 is 2.32 bits per heavy atom. The van der Waals surface area contributed by atoms with E-state index in [0.29, 0.717) is 31.9 Å². The zero-order chi connectivity index (χ0) is 27.4. The van der Waals surface area contributed by atoms with Gasteiger partial charge in [0.1, 0.15) is 6.61 Å². The van der Waals surface area contributed by atoms with Crippen molar-refractivity contribution in [3.05, 3.63) is 59.4 Å². The summed E-state index contributed by atoms with van der Waals surface area (Å²) in [5.74, 6) is -0.276. The Labute approximate surface area is 214 Å². The van der Waals surface area contributed by atoms with Gasteiger partial charge in [-0.25, -0.2) is 4.79 Å². The van der Waals surface area contributed by atoms with Crippen LogP contribution in [0.3, 0.4) is 0 Å². The monoisotopic (exact) mass is 522 g/mol. The van der Waals surface area contributed by atoms with Gasteiger partial charge < -0.3 is 20.5 Å². The minimum Gasteiger partial charge on any atom is -0.449 e. The van der Waals surface area contributed by atoms with Crippen LogP contribution in [-0.2, 0) is 15.8 Å². The summed E-state index contributed by atoms with van der Waals surface area (Å²) in [7, 11) is 0. The number of nitrogens with zero attached hydrogens (tertiary/aromatic N) is 3. The molecule has 1 saturated carbocycles. The number of aliphatic hydroxyl groups is 1. The van der Waals surface area contributed by atoms with E-state index in [1.807, 2.05) is 18.7 Å². The van der Waals surface area contributed by atoms with E-state index in [4.69, 9.17) is 10.5 Å². The van der Waals surface area contributed by atoms with Crippen LogP contribution in [0.4, 0.5) is 18.0 Å². The molecule has 8 nitrogen and oxygen atoms in total. The molecular formula is C26H33F3N4O4. The van der Waals surface area contributed by atoms with Crippen LogP contribution < -0.4 is 5.73 Å². The van der Waals surface area contributed by atoms with Gasteiger partial charge in [-0.1, -0.05) is 26.0 Å². The Kier molecular flexibility index (Phi) is 8.46. The molecule has 1 aromatic carbocycles. The van der Waals surface area contributed by atoms with Crippen LogP contribution in [0, 0.1) is 0 Å². The molecule has 0 bridgehead atoms. The van der Waals surface area contributed by atoms with Gasteiger partial charge >= 0.3 is 12.3 Å². The van der Waals surface area contributed by atoms with Gasteiger partial charge in [0.15, 0.2) is 5.60 Å². The first-order valence-corrected chi connectivity index (χ1v) is 12.2. The molecule has 11 heteroatoms. The molecule has 202 valence electrons. The van der Waals surface area contributed by atoms with Gasteiger partial charge in [-0.2, -0.15) is 23.4 Å². The van der Waals surface area contributed by atoms with Crippen LogP contribution >= 0.6 is 0 Å². The summed E-state index contributed by atoms with van der Waals surface area (Å²) in [4.78, 5) is 26.6. The van der Waals surface area contributed by atoms with Crippen LogP contribution in [0.25, 0.3) is 0 Å². The fourth-order valence-corrected chi connectivity index (χ4v) is 4.39. The molecule has 0 saturated heterocycles. The zero-order valence-corrected chi connectivity index (χ0v) is 21.2. The Hall–Kier alpha value is -3.21. The van der Waals surface area contributed by atoms with Crippen LogP contribution in [0.15, 0.2) is 42.6 Å². The van der Waals surface area contributed by atoms with E-state index in [-0.39, 0.29) is 35.7 Å². The van der Waals surface area contributed by atoms with Crippen LogP contribution in [0.1, 0.15) is 74.5 Å². The number of carbonyl (C=O) groups is 2. The number of alkyl halides is 3. The highest BCUT2D eigenvalue weighted by molar-refractivity contribution is 5.95. The summed E-state index contributed by atoms with van der Waals surface area (Å²) in [6, 6.07) is 8.33. The van der Waals surface area contributed by atoms with Crippen molar-refractivity contribution in [2.75, 3.05) is 6.61 Å². The topological polar surface area (TPSA) is 119 Å². The largest absolute Gasteiger partial charge is 0.449 e. The van der Waals surface area contributed by atoms with E-state index in [1.54, 1.807) is 18.3 Å². The third-order valence-electron chi connectivity index (χ3n) is 7.04. The van der Waals surface area contributed by atoms with Gasteiger partial charge in [-0.3, -0.25) is 4.79 Å². The molecule has 2 aromatic rings. The summed E-state index contributed by atoms with van der Waals surface area (Å²) < 4.78 is 44.7. The molecule has 3 atom stereocenters. The van der Waals surface area contributed by atoms with Crippen molar-refractivity contribution in [2.24, 2.45) is 5.73 Å². The van der Waals surface area contributed by atoms with Crippen molar-refractivity contribution in [1.82, 2.24) is 15.1 Å². The average Bonchev–Trinajstić information content (AvgIpc) is 3.70. The Morgan fingerprint density at radius 1 is 1.19 bits per heavy atom. The first kappa shape index (κ1) is 28.4. The highest BCUT2D eigenvalue weighted by atomic mass is 19.4. The SMILES string of the molecule is CCC(CC[C@](C)(COC(N)=O)c1cccnn1)N(C(=O)c1ccc([C@](C)(O)C(F)(F)F)cc1)C1CC1. The first-order chi connectivity index (χ1) is 17.3. The number of rotatable bonds is 11. The third kappa shape index (κ3) is 6.57. The van der Waals surface area contributed by atoms with E-state index in [2.05, 4.69) is 10.2 Å². The Morgan fingerprint density at radius 2 is 1.84 bits per heavy atom. The smallest absolute Gasteiger partial charge is 0.421 e. The van der Waals surface area contributed by atoms with Crippen molar-refractivity contribution >= 4 is 12.0 Å². The van der Waals surface area contributed by atoms with E-state index in [0.717, 1.165) is 25.0 Å². The number of carbonyl (C=O) groups excluding carboxylic acids is 2. The lowest BCUT2D eigenvalue weighted by Crippen LogP contribution is -2.43. The molecule has 0 aliphatic heterocycles. The molecule has 0 radical (unpaired) electrons. The minimum absolute atomic E-state index is 0.00453. The quantitative estimate of drug-likeness (QED) is 0.450. The van der Waals surface area contributed by atoms with E-state index in [9.17, 15) is 27.9 Å². The first-order valence-electron chi connectivity index (χ1n) is 12.2. The summed E-state index contributed by atoms with van der Waals surface area (Å²) in [6.07, 6.45) is -0.790. The molecule has 2 amide bonds.